The first-order chi connectivity index (χ1) is 31.3. The van der Waals surface area contributed by atoms with Crippen molar-refractivity contribution in [3.8, 4) is 44.5 Å². The first kappa shape index (κ1) is 36.3. The van der Waals surface area contributed by atoms with Crippen molar-refractivity contribution in [2.24, 2.45) is 0 Å². The molecule has 0 radical (unpaired) electrons. The highest BCUT2D eigenvalue weighted by molar-refractivity contribution is 6.38. The zero-order valence-corrected chi connectivity index (χ0v) is 36.8. The lowest BCUT2D eigenvalue weighted by Crippen LogP contribution is -1.96. The third kappa shape index (κ3) is 5.08. The smallest absolute Gasteiger partial charge is 0.143 e. The van der Waals surface area contributed by atoms with Crippen LogP contribution in [0.25, 0.3) is 121 Å². The van der Waals surface area contributed by atoms with E-state index in [4.69, 9.17) is 8.83 Å². The van der Waals surface area contributed by atoms with Gasteiger partial charge in [-0.1, -0.05) is 84.9 Å². The van der Waals surface area contributed by atoms with Crippen LogP contribution in [0.4, 0.5) is 0 Å². The molecule has 0 N–H and O–H groups in total. The standard InChI is InChI=1S/C62H46O2/c1-33-9-5-10-34(2)57(33)47-31-53-60-50(30-52-46-24-22-44(28-56(46)63-61(52)53)42-20-18-38-14-8-16-40(38)26-42)48(58-35(3)11-6-12-36(58)4)32-54-59(60)49(47)29-51-45-23-21-43(27-55(45)64-62(51)54)41-19-17-37-13-7-15-39(37)25-41/h5-6,9-12,17-32H,7-8,13-16H2,1-4H3. The molecule has 2 aliphatic carbocycles. The molecule has 14 rings (SSSR count). The van der Waals surface area contributed by atoms with Gasteiger partial charge in [-0.3, -0.25) is 0 Å². The summed E-state index contributed by atoms with van der Waals surface area (Å²) in [6.45, 7) is 9.02. The third-order valence-electron chi connectivity index (χ3n) is 15.4. The van der Waals surface area contributed by atoms with Crippen molar-refractivity contribution in [2.75, 3.05) is 0 Å². The molecule has 2 aliphatic rings. The molecule has 10 aromatic carbocycles. The van der Waals surface area contributed by atoms with Gasteiger partial charge in [-0.25, -0.2) is 0 Å². The number of benzene rings is 10. The van der Waals surface area contributed by atoms with Gasteiger partial charge in [-0.15, -0.1) is 0 Å². The van der Waals surface area contributed by atoms with Gasteiger partial charge in [-0.05, 0) is 215 Å². The molecule has 12 aromatic rings. The van der Waals surface area contributed by atoms with E-state index in [9.17, 15) is 0 Å². The summed E-state index contributed by atoms with van der Waals surface area (Å²) in [4.78, 5) is 0. The van der Waals surface area contributed by atoms with Gasteiger partial charge < -0.3 is 8.83 Å². The summed E-state index contributed by atoms with van der Waals surface area (Å²) >= 11 is 0. The SMILES string of the molecule is Cc1cccc(C)c1-c1cc2c3oc4cc(-c5ccc6c(c5)CCC6)ccc4c3cc3c(-c4c(C)cccc4C)cc4c5oc6cc(-c7ccc8c(c7)CCC8)ccc6c5cc1c4c32. The molecule has 0 fully saturated rings. The molecule has 2 aromatic heterocycles. The molecule has 0 saturated heterocycles. The van der Waals surface area contributed by atoms with Crippen molar-refractivity contribution in [1.29, 1.82) is 0 Å². The maximum absolute atomic E-state index is 7.20. The van der Waals surface area contributed by atoms with Gasteiger partial charge in [0.25, 0.3) is 0 Å². The summed E-state index contributed by atoms with van der Waals surface area (Å²) in [6, 6.07) is 50.9. The number of aryl methyl sites for hydroxylation is 8. The van der Waals surface area contributed by atoms with E-state index in [0.717, 1.165) is 67.5 Å². The fourth-order valence-corrected chi connectivity index (χ4v) is 12.3. The molecule has 2 heteroatoms. The van der Waals surface area contributed by atoms with Crippen molar-refractivity contribution in [1.82, 2.24) is 0 Å². The number of rotatable bonds is 4. The Morgan fingerprint density at radius 1 is 0.328 bits per heavy atom. The van der Waals surface area contributed by atoms with Crippen molar-refractivity contribution < 1.29 is 8.83 Å². The molecule has 306 valence electrons. The summed E-state index contributed by atoms with van der Waals surface area (Å²) in [6.07, 6.45) is 7.18. The molecule has 2 nitrogen and oxygen atoms in total. The Kier molecular flexibility index (Phi) is 7.49. The molecule has 0 unspecified atom stereocenters. The Morgan fingerprint density at radius 3 is 1.16 bits per heavy atom. The minimum atomic E-state index is 0.921. The van der Waals surface area contributed by atoms with Gasteiger partial charge in [0.15, 0.2) is 0 Å². The fourth-order valence-electron chi connectivity index (χ4n) is 12.3. The van der Waals surface area contributed by atoms with E-state index >= 15 is 0 Å². The number of hydrogen-bond acceptors (Lipinski definition) is 2. The van der Waals surface area contributed by atoms with Crippen LogP contribution in [-0.2, 0) is 25.7 Å². The average Bonchev–Trinajstić information content (AvgIpc) is 4.12. The second kappa shape index (κ2) is 13.2. The van der Waals surface area contributed by atoms with Crippen LogP contribution in [0.5, 0.6) is 0 Å². The molecule has 0 aliphatic heterocycles. The predicted octanol–water partition coefficient (Wildman–Crippen LogP) is 17.3. The molecule has 64 heavy (non-hydrogen) atoms. The van der Waals surface area contributed by atoms with Crippen LogP contribution >= 0.6 is 0 Å². The van der Waals surface area contributed by atoms with Gasteiger partial charge in [0, 0.05) is 43.1 Å². The Hall–Kier alpha value is -7.16. The zero-order valence-electron chi connectivity index (χ0n) is 36.8. The summed E-state index contributed by atoms with van der Waals surface area (Å²) in [5, 5.41) is 11.8. The molecule has 0 atom stereocenters. The Balaban J connectivity index is 1.12. The topological polar surface area (TPSA) is 26.3 Å². The van der Waals surface area contributed by atoms with Crippen LogP contribution < -0.4 is 0 Å². The Morgan fingerprint density at radius 2 is 0.719 bits per heavy atom. The van der Waals surface area contributed by atoms with E-state index in [1.165, 1.54) is 136 Å². The lowest BCUT2D eigenvalue weighted by atomic mass is 9.81. The zero-order chi connectivity index (χ0) is 42.5. The van der Waals surface area contributed by atoms with Crippen molar-refractivity contribution in [3.63, 3.8) is 0 Å². The average molecular weight is 823 g/mol. The monoisotopic (exact) mass is 822 g/mol. The molecule has 0 spiro atoms. The molecule has 0 bridgehead atoms. The summed E-state index contributed by atoms with van der Waals surface area (Å²) in [7, 11) is 0. The van der Waals surface area contributed by atoms with Crippen LogP contribution in [0.2, 0.25) is 0 Å². The highest BCUT2D eigenvalue weighted by Crippen LogP contribution is 2.52. The van der Waals surface area contributed by atoms with E-state index in [0.29, 0.717) is 0 Å². The van der Waals surface area contributed by atoms with Crippen LogP contribution in [0.15, 0.2) is 142 Å². The highest BCUT2D eigenvalue weighted by Gasteiger charge is 2.27. The summed E-state index contributed by atoms with van der Waals surface area (Å²) in [5.41, 5.74) is 24.7. The summed E-state index contributed by atoms with van der Waals surface area (Å²) < 4.78 is 14.4. The van der Waals surface area contributed by atoms with Crippen molar-refractivity contribution in [2.45, 2.75) is 66.2 Å². The van der Waals surface area contributed by atoms with Gasteiger partial charge in [0.2, 0.25) is 0 Å². The van der Waals surface area contributed by atoms with Crippen molar-refractivity contribution in [3.05, 3.63) is 178 Å². The van der Waals surface area contributed by atoms with Gasteiger partial charge in [0.05, 0.1) is 0 Å². The second-order valence-corrected chi connectivity index (χ2v) is 19.1. The maximum atomic E-state index is 7.20. The lowest BCUT2D eigenvalue weighted by Gasteiger charge is -2.21. The minimum absolute atomic E-state index is 0.921. The van der Waals surface area contributed by atoms with Gasteiger partial charge in [0.1, 0.15) is 22.3 Å². The van der Waals surface area contributed by atoms with E-state index < -0.39 is 0 Å². The van der Waals surface area contributed by atoms with E-state index in [-0.39, 0.29) is 0 Å². The number of hydrogen-bond donors (Lipinski definition) is 0. The predicted molar refractivity (Wildman–Crippen MR) is 269 cm³/mol. The highest BCUT2D eigenvalue weighted by atomic mass is 16.3. The van der Waals surface area contributed by atoms with E-state index in [2.05, 4.69) is 161 Å². The Labute approximate surface area is 372 Å². The largest absolute Gasteiger partial charge is 0.455 e. The molecular weight excluding hydrogens is 777 g/mol. The quantitative estimate of drug-likeness (QED) is 0.165. The normalized spacial score (nSPS) is 13.9. The molecule has 2 heterocycles. The van der Waals surface area contributed by atoms with E-state index in [1.54, 1.807) is 0 Å². The third-order valence-corrected chi connectivity index (χ3v) is 15.4. The molecule has 0 saturated carbocycles. The fraction of sp³-hybridized carbons (Fsp3) is 0.161. The van der Waals surface area contributed by atoms with Gasteiger partial charge >= 0.3 is 0 Å². The minimum Gasteiger partial charge on any atom is -0.455 e. The Bertz CT molecular complexity index is 3700. The number of furan rings is 2. The van der Waals surface area contributed by atoms with Crippen LogP contribution in [0.1, 0.15) is 57.3 Å². The van der Waals surface area contributed by atoms with E-state index in [1.807, 2.05) is 0 Å². The van der Waals surface area contributed by atoms with Gasteiger partial charge in [-0.2, -0.15) is 0 Å². The van der Waals surface area contributed by atoms with Crippen molar-refractivity contribution >= 4 is 76.2 Å². The maximum Gasteiger partial charge on any atom is 0.143 e. The number of fused-ring (bicyclic) bond motifs is 10. The molecule has 0 amide bonds. The van der Waals surface area contributed by atoms with Crippen LogP contribution in [0, 0.1) is 27.7 Å². The molecular formula is C62H46O2. The first-order valence-corrected chi connectivity index (χ1v) is 23.2. The lowest BCUT2D eigenvalue weighted by molar-refractivity contribution is 0.672. The summed E-state index contributed by atoms with van der Waals surface area (Å²) in [5.74, 6) is 0. The second-order valence-electron chi connectivity index (χ2n) is 19.1. The van der Waals surface area contributed by atoms with Crippen LogP contribution in [0.3, 0.4) is 0 Å². The first-order valence-electron chi connectivity index (χ1n) is 23.2. The van der Waals surface area contributed by atoms with Crippen LogP contribution in [-0.4, -0.2) is 0 Å².